The van der Waals surface area contributed by atoms with E-state index < -0.39 is 11.2 Å². The molecule has 0 aliphatic carbocycles. The molecule has 3 aliphatic heterocycles. The summed E-state index contributed by atoms with van der Waals surface area (Å²) in [4.78, 5) is 8.66. The van der Waals surface area contributed by atoms with E-state index in [1.807, 2.05) is 24.3 Å². The van der Waals surface area contributed by atoms with Gasteiger partial charge in [0, 0.05) is 30.7 Å². The van der Waals surface area contributed by atoms with Crippen molar-refractivity contribution >= 4 is 22.2 Å². The molecule has 6 rings (SSSR count). The minimum Gasteiger partial charge on any atom is -0.612 e. The van der Waals surface area contributed by atoms with Gasteiger partial charge in [-0.2, -0.15) is 0 Å². The van der Waals surface area contributed by atoms with Crippen molar-refractivity contribution in [3.63, 3.8) is 0 Å². The number of hydrogen-bond acceptors (Lipinski definition) is 4. The summed E-state index contributed by atoms with van der Waals surface area (Å²) in [5.74, 6) is 1.61. The molecule has 1 aromatic heterocycles. The molecule has 1 N–H and O–H groups in total. The number of rotatable bonds is 4. The number of hydrogen-bond donors (Lipinski definition) is 1. The van der Waals surface area contributed by atoms with E-state index in [9.17, 15) is 4.55 Å². The summed E-state index contributed by atoms with van der Waals surface area (Å²) in [6, 6.07) is 15.1. The summed E-state index contributed by atoms with van der Waals surface area (Å²) >= 11 is -0.962. The van der Waals surface area contributed by atoms with Gasteiger partial charge in [0.25, 0.3) is 0 Å². The Morgan fingerprint density at radius 2 is 1.68 bits per heavy atom. The molecule has 3 aromatic rings. The maximum Gasteiger partial charge on any atom is 0.152 e. The summed E-state index contributed by atoms with van der Waals surface area (Å²) in [6.07, 6.45) is 9.68. The molecule has 0 spiro atoms. The fourth-order valence-electron chi connectivity index (χ4n) is 6.70. The van der Waals surface area contributed by atoms with Gasteiger partial charge in [-0.05, 0) is 117 Å². The van der Waals surface area contributed by atoms with Crippen molar-refractivity contribution in [3.05, 3.63) is 47.5 Å². The van der Waals surface area contributed by atoms with Gasteiger partial charge in [-0.3, -0.25) is 0 Å². The van der Waals surface area contributed by atoms with Crippen molar-refractivity contribution in [1.29, 1.82) is 0 Å². The van der Waals surface area contributed by atoms with Crippen LogP contribution in [0.5, 0.6) is 0 Å². The molecular formula is C28H36N4OS. The van der Waals surface area contributed by atoms with E-state index in [4.69, 9.17) is 4.98 Å². The fraction of sp³-hybridized carbons (Fsp3) is 0.536. The molecule has 4 heterocycles. The normalized spacial score (nSPS) is 26.9. The van der Waals surface area contributed by atoms with Crippen LogP contribution in [0.15, 0.2) is 41.3 Å². The highest BCUT2D eigenvalue weighted by atomic mass is 32.2. The summed E-state index contributed by atoms with van der Waals surface area (Å²) < 4.78 is 14.0. The molecule has 2 bridgehead atoms. The Hall–Kier alpha value is -1.86. The first-order chi connectivity index (χ1) is 16.5. The highest BCUT2D eigenvalue weighted by Crippen LogP contribution is 2.36. The van der Waals surface area contributed by atoms with E-state index >= 15 is 0 Å². The maximum atomic E-state index is 11.8. The molecule has 5 nitrogen and oxygen atoms in total. The van der Waals surface area contributed by atoms with Crippen LogP contribution in [0.2, 0.25) is 0 Å². The second kappa shape index (κ2) is 8.98. The molecule has 180 valence electrons. The van der Waals surface area contributed by atoms with Gasteiger partial charge in [-0.1, -0.05) is 6.07 Å². The Morgan fingerprint density at radius 1 is 1.00 bits per heavy atom. The van der Waals surface area contributed by atoms with Gasteiger partial charge in [0.05, 0.1) is 11.0 Å². The van der Waals surface area contributed by atoms with E-state index in [0.29, 0.717) is 5.92 Å². The Labute approximate surface area is 206 Å². The van der Waals surface area contributed by atoms with E-state index in [0.717, 1.165) is 39.9 Å². The standard InChI is InChI=1S/C28H36N4OS/c1-18-14-21(19-10-12-32(13-11-19)24-16-22-6-7-23(17-24)29-22)15-26-27(18)30-28(31(26)2)20-4-8-25(9-5-20)34(3)33/h4-5,8-9,14-15,19,22-24,29H,6-7,10-13,16-17H2,1-3H3. The monoisotopic (exact) mass is 476 g/mol. The number of imidazole rings is 1. The quantitative estimate of drug-likeness (QED) is 0.552. The van der Waals surface area contributed by atoms with Crippen molar-refractivity contribution in [2.75, 3.05) is 19.3 Å². The lowest BCUT2D eigenvalue weighted by Crippen LogP contribution is -2.50. The van der Waals surface area contributed by atoms with Gasteiger partial charge in [0.15, 0.2) is 4.90 Å². The summed E-state index contributed by atoms with van der Waals surface area (Å²) in [5.41, 5.74) is 6.11. The summed E-state index contributed by atoms with van der Waals surface area (Å²) in [6.45, 7) is 4.66. The van der Waals surface area contributed by atoms with E-state index in [-0.39, 0.29) is 0 Å². The van der Waals surface area contributed by atoms with Crippen molar-refractivity contribution < 1.29 is 4.55 Å². The van der Waals surface area contributed by atoms with Crippen LogP contribution < -0.4 is 5.32 Å². The Kier molecular flexibility index (Phi) is 5.96. The lowest BCUT2D eigenvalue weighted by molar-refractivity contribution is 0.111. The van der Waals surface area contributed by atoms with Gasteiger partial charge < -0.3 is 19.3 Å². The number of piperidine rings is 2. The molecule has 0 amide bonds. The lowest BCUT2D eigenvalue weighted by atomic mass is 9.86. The number of likely N-dealkylation sites (tertiary alicyclic amines) is 1. The van der Waals surface area contributed by atoms with Crippen molar-refractivity contribution in [2.24, 2.45) is 7.05 Å². The molecule has 3 atom stereocenters. The molecule has 6 heteroatoms. The number of aromatic nitrogens is 2. The molecule has 2 aromatic carbocycles. The molecule has 3 fully saturated rings. The minimum atomic E-state index is -0.962. The third kappa shape index (κ3) is 4.09. The van der Waals surface area contributed by atoms with Gasteiger partial charge in [-0.25, -0.2) is 4.98 Å². The van der Waals surface area contributed by atoms with Crippen LogP contribution in [0.3, 0.4) is 0 Å². The first-order valence-electron chi connectivity index (χ1n) is 12.9. The van der Waals surface area contributed by atoms with Crippen LogP contribution >= 0.6 is 0 Å². The van der Waals surface area contributed by atoms with Gasteiger partial charge in [0.1, 0.15) is 12.1 Å². The smallest absolute Gasteiger partial charge is 0.152 e. The van der Waals surface area contributed by atoms with E-state index in [1.165, 1.54) is 68.3 Å². The largest absolute Gasteiger partial charge is 0.612 e. The lowest BCUT2D eigenvalue weighted by Gasteiger charge is -2.41. The molecule has 3 aliphatic rings. The fourth-order valence-corrected chi connectivity index (χ4v) is 7.22. The minimum absolute atomic E-state index is 0.634. The average Bonchev–Trinajstić information content (AvgIpc) is 3.37. The predicted octanol–water partition coefficient (Wildman–Crippen LogP) is 4.75. The van der Waals surface area contributed by atoms with E-state index in [2.05, 4.69) is 40.9 Å². The molecule has 0 radical (unpaired) electrons. The zero-order chi connectivity index (χ0) is 23.4. The van der Waals surface area contributed by atoms with Crippen LogP contribution in [0.4, 0.5) is 0 Å². The van der Waals surface area contributed by atoms with Gasteiger partial charge in [0.2, 0.25) is 0 Å². The van der Waals surface area contributed by atoms with Gasteiger partial charge in [-0.15, -0.1) is 0 Å². The SMILES string of the molecule is Cc1cc(C2CCN(C3CC4CCC(C3)N4)CC2)cc2c1nc(-c1ccc([S+](C)[O-])cc1)n2C. The van der Waals surface area contributed by atoms with Crippen LogP contribution in [-0.4, -0.2) is 56.5 Å². The Balaban J connectivity index is 1.21. The van der Waals surface area contributed by atoms with Gasteiger partial charge >= 0.3 is 0 Å². The maximum absolute atomic E-state index is 11.8. The molecule has 3 saturated heterocycles. The first-order valence-corrected chi connectivity index (χ1v) is 14.4. The van der Waals surface area contributed by atoms with E-state index in [1.54, 1.807) is 6.26 Å². The third-order valence-corrected chi connectivity index (χ3v) is 9.55. The molecular weight excluding hydrogens is 440 g/mol. The Bertz CT molecular complexity index is 1170. The molecule has 34 heavy (non-hydrogen) atoms. The van der Waals surface area contributed by atoms with Crippen LogP contribution in [0, 0.1) is 6.92 Å². The third-order valence-electron chi connectivity index (χ3n) is 8.61. The highest BCUT2D eigenvalue weighted by Gasteiger charge is 2.37. The number of nitrogens with one attached hydrogen (secondary N) is 1. The van der Waals surface area contributed by atoms with Crippen LogP contribution in [0.1, 0.15) is 55.6 Å². The van der Waals surface area contributed by atoms with Crippen molar-refractivity contribution in [1.82, 2.24) is 19.8 Å². The second-order valence-electron chi connectivity index (χ2n) is 10.8. The van der Waals surface area contributed by atoms with Crippen molar-refractivity contribution in [2.45, 2.75) is 74.4 Å². The number of benzene rings is 2. The summed E-state index contributed by atoms with van der Waals surface area (Å²) in [7, 11) is 2.12. The number of aryl methyl sites for hydroxylation is 2. The average molecular weight is 477 g/mol. The highest BCUT2D eigenvalue weighted by molar-refractivity contribution is 7.90. The second-order valence-corrected chi connectivity index (χ2v) is 12.1. The topological polar surface area (TPSA) is 56.1 Å². The molecule has 0 saturated carbocycles. The predicted molar refractivity (Wildman–Crippen MR) is 140 cm³/mol. The van der Waals surface area contributed by atoms with Crippen LogP contribution in [0.25, 0.3) is 22.4 Å². The number of fused-ring (bicyclic) bond motifs is 3. The molecule has 3 unspecified atom stereocenters. The first kappa shape index (κ1) is 22.6. The Morgan fingerprint density at radius 3 is 2.32 bits per heavy atom. The van der Waals surface area contributed by atoms with Crippen molar-refractivity contribution in [3.8, 4) is 11.4 Å². The zero-order valence-electron chi connectivity index (χ0n) is 20.6. The van der Waals surface area contributed by atoms with Crippen LogP contribution in [-0.2, 0) is 18.2 Å². The number of nitrogens with zero attached hydrogens (tertiary/aromatic N) is 3. The zero-order valence-corrected chi connectivity index (χ0v) is 21.4. The summed E-state index contributed by atoms with van der Waals surface area (Å²) in [5, 5.41) is 3.80.